The number of carbonyl (C=O) groups is 7. The lowest BCUT2D eigenvalue weighted by atomic mass is 9.86. The quantitative estimate of drug-likeness (QED) is 0.0200. The Morgan fingerprint density at radius 2 is 1.04 bits per heavy atom. The molecule has 2 amide bonds. The molecule has 1 N–H and O–H groups in total. The van der Waals surface area contributed by atoms with Crippen molar-refractivity contribution in [3.8, 4) is 0 Å². The van der Waals surface area contributed by atoms with Crippen molar-refractivity contribution in [1.82, 2.24) is 5.06 Å². The van der Waals surface area contributed by atoms with Crippen LogP contribution in [0.5, 0.6) is 0 Å². The summed E-state index contributed by atoms with van der Waals surface area (Å²) < 4.78 is 21.7. The van der Waals surface area contributed by atoms with Gasteiger partial charge in [-0.25, -0.2) is 4.79 Å². The summed E-state index contributed by atoms with van der Waals surface area (Å²) in [6.45, 7) is 8.61. The van der Waals surface area contributed by atoms with Crippen LogP contribution in [0.1, 0.15) is 246 Å². The van der Waals surface area contributed by atoms with Crippen LogP contribution in [-0.4, -0.2) is 83.9 Å². The Morgan fingerprint density at radius 1 is 0.582 bits per heavy atom. The predicted molar refractivity (Wildman–Crippen MR) is 258 cm³/mol. The van der Waals surface area contributed by atoms with Crippen molar-refractivity contribution in [3.63, 3.8) is 0 Å². The first-order valence-corrected chi connectivity index (χ1v) is 26.3. The number of rotatable bonds is 44. The second-order valence-corrected chi connectivity index (χ2v) is 19.2. The number of esters is 4. The fourth-order valence-corrected chi connectivity index (χ4v) is 7.84. The Kier molecular flexibility index (Phi) is 36.6. The maximum Gasteiger partial charge on any atom is 0.333 e. The number of aliphatic hydroxyl groups excluding tert-OH is 1. The number of hydrogen-bond donors (Lipinski definition) is 1. The van der Waals surface area contributed by atoms with Crippen LogP contribution in [0.3, 0.4) is 0 Å². The van der Waals surface area contributed by atoms with Gasteiger partial charge in [0.15, 0.2) is 0 Å². The maximum absolute atomic E-state index is 12.8. The Bertz CT molecular complexity index is 1400. The summed E-state index contributed by atoms with van der Waals surface area (Å²) in [7, 11) is 0. The minimum atomic E-state index is -0.758. The van der Waals surface area contributed by atoms with Crippen molar-refractivity contribution in [3.05, 3.63) is 12.2 Å². The number of ether oxygens (including phenoxy) is 4. The Balaban J connectivity index is 1.91. The van der Waals surface area contributed by atoms with Gasteiger partial charge < -0.3 is 28.9 Å². The van der Waals surface area contributed by atoms with Gasteiger partial charge in [-0.15, -0.1) is 5.06 Å². The summed E-state index contributed by atoms with van der Waals surface area (Å²) in [5, 5.41) is 11.5. The molecule has 1 saturated heterocycles. The smallest absolute Gasteiger partial charge is 0.333 e. The Morgan fingerprint density at radius 3 is 1.54 bits per heavy atom. The van der Waals surface area contributed by atoms with Crippen LogP contribution in [0.4, 0.5) is 0 Å². The van der Waals surface area contributed by atoms with Crippen molar-refractivity contribution in [1.29, 1.82) is 0 Å². The highest BCUT2D eigenvalue weighted by atomic mass is 16.7. The molecule has 2 unspecified atom stereocenters. The van der Waals surface area contributed by atoms with Crippen molar-refractivity contribution < 1.29 is 62.5 Å². The van der Waals surface area contributed by atoms with Crippen molar-refractivity contribution >= 4 is 41.7 Å². The summed E-state index contributed by atoms with van der Waals surface area (Å²) in [6.07, 6.45) is 30.8. The van der Waals surface area contributed by atoms with Gasteiger partial charge in [-0.05, 0) is 76.0 Å². The number of hydroxylamine groups is 2. The molecule has 386 valence electrons. The molecule has 14 nitrogen and oxygen atoms in total. The minimum absolute atomic E-state index is 0.0983. The summed E-state index contributed by atoms with van der Waals surface area (Å²) in [6, 6.07) is 0. The molecule has 14 heteroatoms. The number of amides is 2. The van der Waals surface area contributed by atoms with Crippen LogP contribution >= 0.6 is 0 Å². The monoisotopic (exact) mass is 950 g/mol. The van der Waals surface area contributed by atoms with E-state index in [1.807, 2.05) is 19.9 Å². The lowest BCUT2D eigenvalue weighted by Crippen LogP contribution is -2.33. The highest BCUT2D eigenvalue weighted by molar-refractivity contribution is 6.01. The molecule has 0 spiro atoms. The fraction of sp³-hybridized carbons (Fsp3) is 0.830. The lowest BCUT2D eigenvalue weighted by Gasteiger charge is -2.27. The van der Waals surface area contributed by atoms with E-state index in [0.717, 1.165) is 154 Å². The third-order valence-corrected chi connectivity index (χ3v) is 12.1. The van der Waals surface area contributed by atoms with E-state index in [-0.39, 0.29) is 61.6 Å². The topological polar surface area (TPSA) is 189 Å². The van der Waals surface area contributed by atoms with Crippen LogP contribution in [-0.2, 0) is 57.3 Å². The molecule has 1 fully saturated rings. The predicted octanol–water partition coefficient (Wildman–Crippen LogP) is 11.6. The second kappa shape index (κ2) is 40.1. The Labute approximate surface area is 403 Å². The summed E-state index contributed by atoms with van der Waals surface area (Å²) in [5.41, 5.74) is -0.382. The van der Waals surface area contributed by atoms with Gasteiger partial charge >= 0.3 is 29.8 Å². The lowest BCUT2D eigenvalue weighted by molar-refractivity contribution is -0.197. The van der Waals surface area contributed by atoms with E-state index in [4.69, 9.17) is 23.8 Å². The molecule has 1 heterocycles. The zero-order valence-electron chi connectivity index (χ0n) is 42.3. The molecule has 0 aromatic rings. The molecule has 1 rings (SSSR count). The van der Waals surface area contributed by atoms with Gasteiger partial charge in [0.2, 0.25) is 0 Å². The van der Waals surface area contributed by atoms with E-state index in [1.165, 1.54) is 6.92 Å². The highest BCUT2D eigenvalue weighted by Crippen LogP contribution is 2.27. The van der Waals surface area contributed by atoms with Crippen molar-refractivity contribution in [2.75, 3.05) is 19.8 Å². The molecule has 0 radical (unpaired) electrons. The molecule has 1 aliphatic heterocycles. The first-order valence-electron chi connectivity index (χ1n) is 26.3. The number of hydrogen-bond acceptors (Lipinski definition) is 13. The molecule has 1 aliphatic rings. The zero-order valence-corrected chi connectivity index (χ0v) is 42.3. The van der Waals surface area contributed by atoms with Gasteiger partial charge in [0, 0.05) is 39.0 Å². The van der Waals surface area contributed by atoms with Gasteiger partial charge in [0.05, 0.1) is 32.3 Å². The van der Waals surface area contributed by atoms with E-state index < -0.39 is 30.0 Å². The van der Waals surface area contributed by atoms with E-state index in [2.05, 4.69) is 13.0 Å². The van der Waals surface area contributed by atoms with E-state index in [9.17, 15) is 38.7 Å². The number of aliphatic hydroxyl groups is 1. The van der Waals surface area contributed by atoms with Crippen molar-refractivity contribution in [2.45, 2.75) is 258 Å². The minimum Gasteiger partial charge on any atom is -0.466 e. The van der Waals surface area contributed by atoms with E-state index in [1.54, 1.807) is 0 Å². The maximum atomic E-state index is 12.8. The molecule has 0 saturated carbocycles. The summed E-state index contributed by atoms with van der Waals surface area (Å²) in [5.74, 6) is -2.35. The number of imide groups is 1. The summed E-state index contributed by atoms with van der Waals surface area (Å²) in [4.78, 5) is 87.7. The number of allylic oxidation sites excluding steroid dienone is 1. The summed E-state index contributed by atoms with van der Waals surface area (Å²) >= 11 is 0. The van der Waals surface area contributed by atoms with Crippen LogP contribution in [0.2, 0.25) is 0 Å². The third kappa shape index (κ3) is 35.9. The largest absolute Gasteiger partial charge is 0.466 e. The molecule has 67 heavy (non-hydrogen) atoms. The van der Waals surface area contributed by atoms with Gasteiger partial charge in [0.25, 0.3) is 11.8 Å². The third-order valence-electron chi connectivity index (χ3n) is 12.1. The number of carbonyl (C=O) groups excluding carboxylic acids is 7. The normalized spacial score (nSPS) is 13.8. The van der Waals surface area contributed by atoms with Crippen molar-refractivity contribution in [2.24, 2.45) is 5.41 Å². The molecular formula is C53H91NO13. The van der Waals surface area contributed by atoms with Crippen LogP contribution in [0.15, 0.2) is 12.2 Å². The fourth-order valence-electron chi connectivity index (χ4n) is 7.84. The highest BCUT2D eigenvalue weighted by Gasteiger charge is 2.32. The van der Waals surface area contributed by atoms with Gasteiger partial charge in [-0.1, -0.05) is 142 Å². The number of nitrogens with zero attached hydrogens (tertiary/aromatic N) is 1. The molecule has 0 bridgehead atoms. The van der Waals surface area contributed by atoms with Gasteiger partial charge in [-0.2, -0.15) is 0 Å². The van der Waals surface area contributed by atoms with E-state index >= 15 is 0 Å². The van der Waals surface area contributed by atoms with Crippen LogP contribution in [0.25, 0.3) is 0 Å². The van der Waals surface area contributed by atoms with Crippen LogP contribution < -0.4 is 0 Å². The SMILES string of the molecule is CCCCCC(OC(=O)CC(C)(C)CCOC(C)=O)C(O)C/C=C\CCCCCCCC(=O)OCCCCCCCCCCOC(=O)CCCCCCCCCCC(=O)ON1C(=O)CCC1=O. The van der Waals surface area contributed by atoms with Gasteiger partial charge in [-0.3, -0.25) is 28.8 Å². The average Bonchev–Trinajstić information content (AvgIpc) is 3.59. The molecular weight excluding hydrogens is 859 g/mol. The average molecular weight is 950 g/mol. The molecule has 0 aromatic carbocycles. The molecule has 0 aliphatic carbocycles. The zero-order chi connectivity index (χ0) is 49.4. The second-order valence-electron chi connectivity index (χ2n) is 19.2. The Hall–Kier alpha value is -3.81. The molecule has 2 atom stereocenters. The standard InChI is InChI=1S/C53H91NO13/c1-5-6-25-33-46(66-52(62)43-53(3,4)39-42-63-44(2)55)45(56)32-26-19-13-7-8-14-20-27-34-49(59)64-40-30-23-17-11-12-18-24-31-41-65-50(60)35-28-21-15-9-10-16-22-29-36-51(61)67-54-47(57)37-38-48(54)58/h19,26,45-46,56H,5-18,20-25,27-43H2,1-4H3/b26-19-. The van der Waals surface area contributed by atoms with Gasteiger partial charge in [0.1, 0.15) is 6.10 Å². The first kappa shape index (κ1) is 61.2. The number of unbranched alkanes of at least 4 members (excludes halogenated alkanes) is 21. The molecule has 0 aromatic heterocycles. The van der Waals surface area contributed by atoms with E-state index in [0.29, 0.717) is 56.8 Å². The van der Waals surface area contributed by atoms with Crippen LogP contribution in [0, 0.1) is 5.41 Å². The first-order chi connectivity index (χ1) is 32.2.